The third-order valence-electron chi connectivity index (χ3n) is 3.64. The van der Waals surface area contributed by atoms with Gasteiger partial charge >= 0.3 is 0 Å². The molecule has 102 valence electrons. The summed E-state index contributed by atoms with van der Waals surface area (Å²) in [5.74, 6) is 0. The Morgan fingerprint density at radius 1 is 1.05 bits per heavy atom. The lowest BCUT2D eigenvalue weighted by molar-refractivity contribution is 0.922. The summed E-state index contributed by atoms with van der Waals surface area (Å²) in [7, 11) is 0. The Bertz CT molecular complexity index is 639. The van der Waals surface area contributed by atoms with Gasteiger partial charge in [-0.05, 0) is 49.2 Å². The molecule has 0 fully saturated rings. The SMILES string of the molecule is Cc1cc(Br)cc(C)c1C1=NN(c2ccccc2)CC1. The fourth-order valence-electron chi connectivity index (χ4n) is 2.79. The summed E-state index contributed by atoms with van der Waals surface area (Å²) in [4.78, 5) is 0. The normalized spacial score (nSPS) is 14.6. The smallest absolute Gasteiger partial charge is 0.0705 e. The van der Waals surface area contributed by atoms with Crippen LogP contribution in [0.3, 0.4) is 0 Å². The van der Waals surface area contributed by atoms with Gasteiger partial charge in [0.2, 0.25) is 0 Å². The second-order valence-corrected chi connectivity index (χ2v) is 6.09. The second kappa shape index (κ2) is 5.41. The average Bonchev–Trinajstić information content (AvgIpc) is 2.88. The molecule has 0 aromatic heterocycles. The Balaban J connectivity index is 1.97. The molecule has 0 spiro atoms. The summed E-state index contributed by atoms with van der Waals surface area (Å²) in [6, 6.07) is 14.7. The van der Waals surface area contributed by atoms with Gasteiger partial charge in [0, 0.05) is 23.0 Å². The van der Waals surface area contributed by atoms with Gasteiger partial charge in [-0.1, -0.05) is 34.1 Å². The minimum atomic E-state index is 0.953. The lowest BCUT2D eigenvalue weighted by Crippen LogP contribution is -2.11. The predicted molar refractivity (Wildman–Crippen MR) is 88.6 cm³/mol. The monoisotopic (exact) mass is 328 g/mol. The number of hydrazone groups is 1. The maximum Gasteiger partial charge on any atom is 0.0705 e. The second-order valence-electron chi connectivity index (χ2n) is 5.17. The Morgan fingerprint density at radius 3 is 2.35 bits per heavy atom. The van der Waals surface area contributed by atoms with Gasteiger partial charge in [-0.15, -0.1) is 0 Å². The third-order valence-corrected chi connectivity index (χ3v) is 4.10. The van der Waals surface area contributed by atoms with Gasteiger partial charge in [0.1, 0.15) is 0 Å². The molecule has 0 atom stereocenters. The van der Waals surface area contributed by atoms with Gasteiger partial charge in [0.15, 0.2) is 0 Å². The largest absolute Gasteiger partial charge is 0.265 e. The first-order valence-corrected chi connectivity index (χ1v) is 7.61. The standard InChI is InChI=1S/C17H17BrN2/c1-12-10-14(18)11-13(2)17(12)16-8-9-20(19-16)15-6-4-3-5-7-15/h3-7,10-11H,8-9H2,1-2H3. The highest BCUT2D eigenvalue weighted by atomic mass is 79.9. The van der Waals surface area contributed by atoms with E-state index in [1.54, 1.807) is 0 Å². The maximum absolute atomic E-state index is 4.81. The zero-order chi connectivity index (χ0) is 14.1. The van der Waals surface area contributed by atoms with Crippen LogP contribution in [0.4, 0.5) is 5.69 Å². The molecule has 3 rings (SSSR count). The number of hydrogen-bond donors (Lipinski definition) is 0. The molecule has 2 nitrogen and oxygen atoms in total. The van der Waals surface area contributed by atoms with Crippen LogP contribution in [-0.2, 0) is 0 Å². The van der Waals surface area contributed by atoms with Crippen molar-refractivity contribution < 1.29 is 0 Å². The van der Waals surface area contributed by atoms with Gasteiger partial charge in [-0.25, -0.2) is 0 Å². The summed E-state index contributed by atoms with van der Waals surface area (Å²) in [5, 5.41) is 6.91. The highest BCUT2D eigenvalue weighted by Crippen LogP contribution is 2.26. The van der Waals surface area contributed by atoms with E-state index in [-0.39, 0.29) is 0 Å². The van der Waals surface area contributed by atoms with Gasteiger partial charge in [-0.3, -0.25) is 5.01 Å². The molecule has 0 saturated heterocycles. The summed E-state index contributed by atoms with van der Waals surface area (Å²) in [6.07, 6.45) is 0.998. The van der Waals surface area contributed by atoms with Gasteiger partial charge in [-0.2, -0.15) is 5.10 Å². The van der Waals surface area contributed by atoms with E-state index < -0.39 is 0 Å². The minimum absolute atomic E-state index is 0.953. The van der Waals surface area contributed by atoms with Gasteiger partial charge < -0.3 is 0 Å². The van der Waals surface area contributed by atoms with Crippen LogP contribution in [0.15, 0.2) is 52.0 Å². The number of para-hydroxylation sites is 1. The Labute approximate surface area is 128 Å². The van der Waals surface area contributed by atoms with E-state index in [0.717, 1.165) is 23.1 Å². The van der Waals surface area contributed by atoms with Crippen molar-refractivity contribution in [3.8, 4) is 0 Å². The van der Waals surface area contributed by atoms with Crippen LogP contribution in [0.2, 0.25) is 0 Å². The molecule has 20 heavy (non-hydrogen) atoms. The number of nitrogens with zero attached hydrogens (tertiary/aromatic N) is 2. The summed E-state index contributed by atoms with van der Waals surface area (Å²) in [6.45, 7) is 5.26. The molecule has 0 radical (unpaired) electrons. The molecule has 0 bridgehead atoms. The van der Waals surface area contributed by atoms with E-state index in [0.29, 0.717) is 0 Å². The van der Waals surface area contributed by atoms with Crippen LogP contribution in [-0.4, -0.2) is 12.3 Å². The van der Waals surface area contributed by atoms with Crippen LogP contribution in [0.5, 0.6) is 0 Å². The van der Waals surface area contributed by atoms with Gasteiger partial charge in [0.05, 0.1) is 11.4 Å². The van der Waals surface area contributed by atoms with Crippen molar-refractivity contribution in [1.29, 1.82) is 0 Å². The summed E-state index contributed by atoms with van der Waals surface area (Å²) in [5.41, 5.74) is 6.22. The predicted octanol–water partition coefficient (Wildman–Crippen LogP) is 4.68. The summed E-state index contributed by atoms with van der Waals surface area (Å²) < 4.78 is 1.13. The first-order valence-electron chi connectivity index (χ1n) is 6.82. The zero-order valence-corrected chi connectivity index (χ0v) is 13.3. The molecule has 0 saturated carbocycles. The van der Waals surface area contributed by atoms with Crippen LogP contribution in [0, 0.1) is 13.8 Å². The Kier molecular flexibility index (Phi) is 3.62. The van der Waals surface area contributed by atoms with E-state index in [2.05, 4.69) is 71.2 Å². The highest BCUT2D eigenvalue weighted by Gasteiger charge is 2.20. The molecule has 0 unspecified atom stereocenters. The molecule has 3 heteroatoms. The van der Waals surface area contributed by atoms with Crippen molar-refractivity contribution in [2.45, 2.75) is 20.3 Å². The topological polar surface area (TPSA) is 15.6 Å². The molecule has 0 N–H and O–H groups in total. The molecule has 1 aliphatic rings. The lowest BCUT2D eigenvalue weighted by atomic mass is 9.97. The third kappa shape index (κ3) is 2.50. The number of rotatable bonds is 2. The molecule has 0 amide bonds. The zero-order valence-electron chi connectivity index (χ0n) is 11.7. The maximum atomic E-state index is 4.81. The van der Waals surface area contributed by atoms with Crippen molar-refractivity contribution in [2.24, 2.45) is 5.10 Å². The first kappa shape index (κ1) is 13.4. The number of hydrogen-bond acceptors (Lipinski definition) is 2. The summed E-state index contributed by atoms with van der Waals surface area (Å²) >= 11 is 3.55. The molecule has 2 aromatic rings. The fraction of sp³-hybridized carbons (Fsp3) is 0.235. The van der Waals surface area contributed by atoms with E-state index in [1.165, 1.54) is 22.4 Å². The average molecular weight is 329 g/mol. The number of aryl methyl sites for hydroxylation is 2. The van der Waals surface area contributed by atoms with Gasteiger partial charge in [0.25, 0.3) is 0 Å². The number of halogens is 1. The fourth-order valence-corrected chi connectivity index (χ4v) is 3.47. The highest BCUT2D eigenvalue weighted by molar-refractivity contribution is 9.10. The Hall–Kier alpha value is -1.61. The van der Waals surface area contributed by atoms with Crippen molar-refractivity contribution in [3.63, 3.8) is 0 Å². The number of anilines is 1. The van der Waals surface area contributed by atoms with E-state index >= 15 is 0 Å². The van der Waals surface area contributed by atoms with E-state index in [9.17, 15) is 0 Å². The van der Waals surface area contributed by atoms with E-state index in [4.69, 9.17) is 5.10 Å². The minimum Gasteiger partial charge on any atom is -0.265 e. The van der Waals surface area contributed by atoms with Crippen LogP contribution >= 0.6 is 15.9 Å². The first-order chi connectivity index (χ1) is 9.65. The quantitative estimate of drug-likeness (QED) is 0.781. The molecule has 1 aliphatic heterocycles. The van der Waals surface area contributed by atoms with Crippen LogP contribution < -0.4 is 5.01 Å². The van der Waals surface area contributed by atoms with Crippen LogP contribution in [0.1, 0.15) is 23.1 Å². The molecular weight excluding hydrogens is 312 g/mol. The van der Waals surface area contributed by atoms with E-state index in [1.807, 2.05) is 6.07 Å². The lowest BCUT2D eigenvalue weighted by Gasteiger charge is -2.13. The van der Waals surface area contributed by atoms with Crippen molar-refractivity contribution >= 4 is 27.3 Å². The molecule has 2 aromatic carbocycles. The van der Waals surface area contributed by atoms with Crippen molar-refractivity contribution in [1.82, 2.24) is 0 Å². The molecule has 0 aliphatic carbocycles. The number of benzene rings is 2. The van der Waals surface area contributed by atoms with Crippen molar-refractivity contribution in [2.75, 3.05) is 11.6 Å². The van der Waals surface area contributed by atoms with Crippen LogP contribution in [0.25, 0.3) is 0 Å². The Morgan fingerprint density at radius 2 is 1.70 bits per heavy atom. The molecule has 1 heterocycles. The van der Waals surface area contributed by atoms with Crippen molar-refractivity contribution in [3.05, 3.63) is 63.6 Å². The molecular formula is C17H17BrN2.